The van der Waals surface area contributed by atoms with Crippen LogP contribution in [0.2, 0.25) is 19.6 Å². The van der Waals surface area contributed by atoms with E-state index in [0.29, 0.717) is 6.10 Å². The molecule has 0 bridgehead atoms. The van der Waals surface area contributed by atoms with E-state index < -0.39 is 8.32 Å². The van der Waals surface area contributed by atoms with Gasteiger partial charge in [-0.05, 0) is 44.8 Å². The van der Waals surface area contributed by atoms with Gasteiger partial charge in [-0.2, -0.15) is 0 Å². The van der Waals surface area contributed by atoms with Gasteiger partial charge in [0, 0.05) is 6.10 Å². The summed E-state index contributed by atoms with van der Waals surface area (Å²) in [6.45, 7) is 15.2. The Morgan fingerprint density at radius 3 is 2.25 bits per heavy atom. The third-order valence-corrected chi connectivity index (χ3v) is 3.75. The maximum Gasteiger partial charge on any atom is 0.184 e. The van der Waals surface area contributed by atoms with Crippen LogP contribution >= 0.6 is 0 Å². The summed E-state index contributed by atoms with van der Waals surface area (Å²) in [5, 5.41) is 0. The number of hydrogen-bond donors (Lipinski definition) is 0. The zero-order valence-corrected chi connectivity index (χ0v) is 12.9. The molecule has 0 amide bonds. The van der Waals surface area contributed by atoms with Crippen molar-refractivity contribution in [3.05, 3.63) is 12.7 Å². The summed E-state index contributed by atoms with van der Waals surface area (Å²) in [6.07, 6.45) is 8.52. The Balaban J connectivity index is 3.98. The van der Waals surface area contributed by atoms with Crippen LogP contribution in [0, 0.1) is 5.92 Å². The van der Waals surface area contributed by atoms with E-state index in [2.05, 4.69) is 40.1 Å². The van der Waals surface area contributed by atoms with Gasteiger partial charge < -0.3 is 4.43 Å². The maximum absolute atomic E-state index is 6.17. The van der Waals surface area contributed by atoms with E-state index >= 15 is 0 Å². The summed E-state index contributed by atoms with van der Waals surface area (Å²) in [5.74, 6) is 0.836. The standard InChI is InChI=1S/C14H30OSi/c1-7-9-13(3)11-12-14(10-8-2)15-16(4,5)6/h8,13-14H,2,7,9-12H2,1,3-6H3. The summed E-state index contributed by atoms with van der Waals surface area (Å²) in [7, 11) is -1.40. The molecule has 0 aliphatic heterocycles. The first-order valence-electron chi connectivity index (χ1n) is 6.67. The SMILES string of the molecule is C=CCC(CCC(C)CCC)O[Si](C)(C)C. The lowest BCUT2D eigenvalue weighted by Crippen LogP contribution is -2.32. The Bertz CT molecular complexity index is 184. The molecule has 0 N–H and O–H groups in total. The van der Waals surface area contributed by atoms with Crippen LogP contribution in [-0.4, -0.2) is 14.4 Å². The Morgan fingerprint density at radius 1 is 1.19 bits per heavy atom. The predicted octanol–water partition coefficient (Wildman–Crippen LogP) is 5.00. The average molecular weight is 242 g/mol. The molecule has 0 saturated carbocycles. The van der Waals surface area contributed by atoms with Crippen molar-refractivity contribution in [2.75, 3.05) is 0 Å². The van der Waals surface area contributed by atoms with Crippen molar-refractivity contribution < 1.29 is 4.43 Å². The van der Waals surface area contributed by atoms with Crippen LogP contribution in [0.3, 0.4) is 0 Å². The van der Waals surface area contributed by atoms with E-state index in [9.17, 15) is 0 Å². The summed E-state index contributed by atoms with van der Waals surface area (Å²) in [6, 6.07) is 0. The van der Waals surface area contributed by atoms with Crippen molar-refractivity contribution in [2.24, 2.45) is 5.92 Å². The normalized spacial score (nSPS) is 15.8. The minimum atomic E-state index is -1.40. The minimum Gasteiger partial charge on any atom is -0.414 e. The van der Waals surface area contributed by atoms with Gasteiger partial charge in [0.15, 0.2) is 8.32 Å². The monoisotopic (exact) mass is 242 g/mol. The quantitative estimate of drug-likeness (QED) is 0.408. The van der Waals surface area contributed by atoms with E-state index in [1.165, 1.54) is 25.7 Å². The highest BCUT2D eigenvalue weighted by atomic mass is 28.4. The second-order valence-electron chi connectivity index (χ2n) is 5.85. The second kappa shape index (κ2) is 8.07. The van der Waals surface area contributed by atoms with E-state index in [1.54, 1.807) is 0 Å². The second-order valence-corrected chi connectivity index (χ2v) is 10.3. The first-order chi connectivity index (χ1) is 7.39. The molecule has 0 aliphatic carbocycles. The lowest BCUT2D eigenvalue weighted by Gasteiger charge is -2.26. The molecule has 0 aromatic carbocycles. The van der Waals surface area contributed by atoms with Gasteiger partial charge >= 0.3 is 0 Å². The molecular weight excluding hydrogens is 212 g/mol. The van der Waals surface area contributed by atoms with Gasteiger partial charge in [0.25, 0.3) is 0 Å². The highest BCUT2D eigenvalue weighted by Gasteiger charge is 2.20. The number of hydrogen-bond acceptors (Lipinski definition) is 1. The van der Waals surface area contributed by atoms with Crippen molar-refractivity contribution in [3.63, 3.8) is 0 Å². The lowest BCUT2D eigenvalue weighted by molar-refractivity contribution is 0.176. The molecule has 0 aromatic heterocycles. The fraction of sp³-hybridized carbons (Fsp3) is 0.857. The Kier molecular flexibility index (Phi) is 8.03. The zero-order valence-electron chi connectivity index (χ0n) is 11.9. The first-order valence-corrected chi connectivity index (χ1v) is 10.1. The summed E-state index contributed by atoms with van der Waals surface area (Å²) >= 11 is 0. The molecule has 0 radical (unpaired) electrons. The molecule has 0 heterocycles. The molecule has 2 atom stereocenters. The Morgan fingerprint density at radius 2 is 1.81 bits per heavy atom. The molecule has 0 fully saturated rings. The van der Waals surface area contributed by atoms with E-state index in [0.717, 1.165) is 12.3 Å². The van der Waals surface area contributed by atoms with E-state index in [-0.39, 0.29) is 0 Å². The van der Waals surface area contributed by atoms with Crippen LogP contribution in [0.25, 0.3) is 0 Å². The fourth-order valence-electron chi connectivity index (χ4n) is 2.02. The van der Waals surface area contributed by atoms with E-state index in [1.807, 2.05) is 6.08 Å². The van der Waals surface area contributed by atoms with Gasteiger partial charge in [0.2, 0.25) is 0 Å². The summed E-state index contributed by atoms with van der Waals surface area (Å²) < 4.78 is 6.17. The molecule has 0 saturated heterocycles. The van der Waals surface area contributed by atoms with Gasteiger partial charge in [0.1, 0.15) is 0 Å². The van der Waals surface area contributed by atoms with Gasteiger partial charge in [-0.25, -0.2) is 0 Å². The van der Waals surface area contributed by atoms with Crippen molar-refractivity contribution >= 4 is 8.32 Å². The summed E-state index contributed by atoms with van der Waals surface area (Å²) in [4.78, 5) is 0. The molecule has 2 heteroatoms. The van der Waals surface area contributed by atoms with Gasteiger partial charge in [0.05, 0.1) is 0 Å². The molecule has 0 rings (SSSR count). The van der Waals surface area contributed by atoms with Crippen LogP contribution in [0.4, 0.5) is 0 Å². The third-order valence-electron chi connectivity index (χ3n) is 2.71. The fourth-order valence-corrected chi connectivity index (χ4v) is 3.23. The smallest absolute Gasteiger partial charge is 0.184 e. The summed E-state index contributed by atoms with van der Waals surface area (Å²) in [5.41, 5.74) is 0. The highest BCUT2D eigenvalue weighted by Crippen LogP contribution is 2.20. The van der Waals surface area contributed by atoms with Gasteiger partial charge in [-0.15, -0.1) is 6.58 Å². The largest absolute Gasteiger partial charge is 0.414 e. The molecular formula is C14H30OSi. The average Bonchev–Trinajstić information content (AvgIpc) is 2.13. The van der Waals surface area contributed by atoms with Crippen LogP contribution in [-0.2, 0) is 4.43 Å². The van der Waals surface area contributed by atoms with E-state index in [4.69, 9.17) is 4.43 Å². The molecule has 0 aliphatic rings. The number of rotatable bonds is 9. The molecule has 0 spiro atoms. The molecule has 96 valence electrons. The van der Waals surface area contributed by atoms with Crippen LogP contribution in [0.5, 0.6) is 0 Å². The van der Waals surface area contributed by atoms with Gasteiger partial charge in [-0.1, -0.05) is 32.8 Å². The topological polar surface area (TPSA) is 9.23 Å². The van der Waals surface area contributed by atoms with Gasteiger partial charge in [-0.3, -0.25) is 0 Å². The van der Waals surface area contributed by atoms with Crippen LogP contribution < -0.4 is 0 Å². The van der Waals surface area contributed by atoms with Crippen molar-refractivity contribution in [2.45, 2.75) is 71.7 Å². The Labute approximate surface area is 103 Å². The first kappa shape index (κ1) is 15.9. The van der Waals surface area contributed by atoms with Crippen molar-refractivity contribution in [3.8, 4) is 0 Å². The molecule has 0 aromatic rings. The minimum absolute atomic E-state index is 0.406. The Hall–Kier alpha value is -0.0831. The van der Waals surface area contributed by atoms with Crippen molar-refractivity contribution in [1.29, 1.82) is 0 Å². The van der Waals surface area contributed by atoms with Crippen LogP contribution in [0.1, 0.15) is 46.0 Å². The molecule has 1 nitrogen and oxygen atoms in total. The highest BCUT2D eigenvalue weighted by molar-refractivity contribution is 6.69. The third kappa shape index (κ3) is 9.17. The van der Waals surface area contributed by atoms with Crippen LogP contribution in [0.15, 0.2) is 12.7 Å². The zero-order chi connectivity index (χ0) is 12.6. The van der Waals surface area contributed by atoms with Crippen molar-refractivity contribution in [1.82, 2.24) is 0 Å². The lowest BCUT2D eigenvalue weighted by atomic mass is 9.97. The molecule has 2 unspecified atom stereocenters. The predicted molar refractivity (Wildman–Crippen MR) is 76.3 cm³/mol. The molecule has 16 heavy (non-hydrogen) atoms. The maximum atomic E-state index is 6.17.